The van der Waals surface area contributed by atoms with Crippen LogP contribution in [0.4, 0.5) is 0 Å². The number of rotatable bonds is 5. The highest BCUT2D eigenvalue weighted by molar-refractivity contribution is 5.74. The number of carboxylic acids is 1. The Bertz CT molecular complexity index is 287. The van der Waals surface area contributed by atoms with Crippen molar-refractivity contribution in [3.63, 3.8) is 0 Å². The van der Waals surface area contributed by atoms with Gasteiger partial charge in [-0.25, -0.2) is 0 Å². The maximum Gasteiger partial charge on any atom is 0.320 e. The van der Waals surface area contributed by atoms with Gasteiger partial charge in [-0.05, 0) is 38.0 Å². The maximum atomic E-state index is 11.1. The second-order valence-electron chi connectivity index (χ2n) is 5.53. The highest BCUT2D eigenvalue weighted by Gasteiger charge is 2.40. The number of hydrogen-bond donors (Lipinski definition) is 2. The van der Waals surface area contributed by atoms with Gasteiger partial charge in [-0.2, -0.15) is 0 Å². The zero-order valence-corrected chi connectivity index (χ0v) is 9.56. The number of nitrogens with one attached hydrogen (secondary N) is 1. The Balaban J connectivity index is 1.51. The van der Waals surface area contributed by atoms with Gasteiger partial charge in [-0.1, -0.05) is 0 Å². The van der Waals surface area contributed by atoms with Crippen LogP contribution in [0.15, 0.2) is 0 Å². The molecular formula is C12H20N2O2. The molecule has 2 saturated carbocycles. The highest BCUT2D eigenvalue weighted by Crippen LogP contribution is 2.34. The molecule has 0 radical (unpaired) electrons. The summed E-state index contributed by atoms with van der Waals surface area (Å²) in [6, 6.07) is 0.933. The van der Waals surface area contributed by atoms with Gasteiger partial charge in [0.25, 0.3) is 0 Å². The summed E-state index contributed by atoms with van der Waals surface area (Å²) in [4.78, 5) is 13.6. The third-order valence-electron chi connectivity index (χ3n) is 4.06. The molecule has 2 atom stereocenters. The SMILES string of the molecule is O=C(O)C(NC1CCN(C2CC2)C1)C1CC1. The molecule has 1 saturated heterocycles. The molecule has 0 aromatic heterocycles. The fraction of sp³-hybridized carbons (Fsp3) is 0.917. The van der Waals surface area contributed by atoms with Crippen LogP contribution in [0, 0.1) is 5.92 Å². The maximum absolute atomic E-state index is 11.1. The van der Waals surface area contributed by atoms with Crippen LogP contribution >= 0.6 is 0 Å². The summed E-state index contributed by atoms with van der Waals surface area (Å²) in [7, 11) is 0. The van der Waals surface area contributed by atoms with Crippen molar-refractivity contribution in [1.82, 2.24) is 10.2 Å². The van der Waals surface area contributed by atoms with E-state index in [-0.39, 0.29) is 6.04 Å². The molecule has 3 fully saturated rings. The van der Waals surface area contributed by atoms with Crippen molar-refractivity contribution in [1.29, 1.82) is 0 Å². The van der Waals surface area contributed by atoms with Gasteiger partial charge >= 0.3 is 5.97 Å². The Morgan fingerprint density at radius 3 is 2.56 bits per heavy atom. The molecule has 2 aliphatic carbocycles. The molecule has 0 bridgehead atoms. The minimum absolute atomic E-state index is 0.288. The van der Waals surface area contributed by atoms with Gasteiger partial charge in [0.15, 0.2) is 0 Å². The van der Waals surface area contributed by atoms with E-state index in [2.05, 4.69) is 10.2 Å². The monoisotopic (exact) mass is 224 g/mol. The number of aliphatic carboxylic acids is 1. The van der Waals surface area contributed by atoms with Gasteiger partial charge in [0, 0.05) is 25.2 Å². The van der Waals surface area contributed by atoms with Crippen LogP contribution in [0.5, 0.6) is 0 Å². The highest BCUT2D eigenvalue weighted by atomic mass is 16.4. The molecular weight excluding hydrogens is 204 g/mol. The van der Waals surface area contributed by atoms with Gasteiger partial charge < -0.3 is 10.4 Å². The number of likely N-dealkylation sites (tertiary alicyclic amines) is 1. The normalized spacial score (nSPS) is 32.9. The van der Waals surface area contributed by atoms with E-state index in [0.717, 1.165) is 38.4 Å². The standard InChI is InChI=1S/C12H20N2O2/c15-12(16)11(8-1-2-8)13-9-5-6-14(7-9)10-3-4-10/h8-11,13H,1-7H2,(H,15,16). The van der Waals surface area contributed by atoms with Crippen LogP contribution in [0.3, 0.4) is 0 Å². The Morgan fingerprint density at radius 1 is 1.25 bits per heavy atom. The van der Waals surface area contributed by atoms with E-state index >= 15 is 0 Å². The third kappa shape index (κ3) is 2.23. The Labute approximate surface area is 96.0 Å². The quantitative estimate of drug-likeness (QED) is 0.721. The van der Waals surface area contributed by atoms with Gasteiger partial charge in [0.1, 0.15) is 6.04 Å². The molecule has 0 aromatic rings. The van der Waals surface area contributed by atoms with Crippen LogP contribution in [0.2, 0.25) is 0 Å². The Hall–Kier alpha value is -0.610. The first-order valence-electron chi connectivity index (χ1n) is 6.47. The summed E-state index contributed by atoms with van der Waals surface area (Å²) in [6.45, 7) is 2.21. The average Bonchev–Trinajstić information content (AvgIpc) is 3.14. The van der Waals surface area contributed by atoms with Crippen molar-refractivity contribution >= 4 is 5.97 Å². The molecule has 1 aliphatic heterocycles. The average molecular weight is 224 g/mol. The fourth-order valence-corrected chi connectivity index (χ4v) is 2.79. The van der Waals surface area contributed by atoms with Crippen LogP contribution < -0.4 is 5.32 Å². The molecule has 1 heterocycles. The molecule has 3 rings (SSSR count). The minimum Gasteiger partial charge on any atom is -0.480 e. The van der Waals surface area contributed by atoms with Crippen molar-refractivity contribution < 1.29 is 9.90 Å². The summed E-state index contributed by atoms with van der Waals surface area (Å²) in [5, 5.41) is 12.5. The van der Waals surface area contributed by atoms with E-state index in [4.69, 9.17) is 5.11 Å². The lowest BCUT2D eigenvalue weighted by Crippen LogP contribution is -2.46. The van der Waals surface area contributed by atoms with Gasteiger partial charge in [0.05, 0.1) is 0 Å². The molecule has 4 heteroatoms. The molecule has 16 heavy (non-hydrogen) atoms. The Kier molecular flexibility index (Phi) is 2.64. The van der Waals surface area contributed by atoms with Crippen LogP contribution in [0.25, 0.3) is 0 Å². The molecule has 0 spiro atoms. The number of nitrogens with zero attached hydrogens (tertiary/aromatic N) is 1. The first-order valence-corrected chi connectivity index (χ1v) is 6.47. The van der Waals surface area contributed by atoms with Crippen LogP contribution in [0.1, 0.15) is 32.1 Å². The smallest absolute Gasteiger partial charge is 0.320 e. The number of carboxylic acid groups (broad SMARTS) is 1. The molecule has 2 unspecified atom stereocenters. The van der Waals surface area contributed by atoms with E-state index in [1.54, 1.807) is 0 Å². The first kappa shape index (κ1) is 10.5. The lowest BCUT2D eigenvalue weighted by molar-refractivity contribution is -0.140. The molecule has 2 N–H and O–H groups in total. The minimum atomic E-state index is -0.660. The zero-order chi connectivity index (χ0) is 11.1. The predicted molar refractivity (Wildman–Crippen MR) is 60.3 cm³/mol. The van der Waals surface area contributed by atoms with Crippen molar-refractivity contribution in [2.24, 2.45) is 5.92 Å². The van der Waals surface area contributed by atoms with Gasteiger partial charge in [-0.3, -0.25) is 9.69 Å². The van der Waals surface area contributed by atoms with E-state index in [1.165, 1.54) is 12.8 Å². The second kappa shape index (κ2) is 4.00. The van der Waals surface area contributed by atoms with E-state index in [9.17, 15) is 4.79 Å². The lowest BCUT2D eigenvalue weighted by atomic mass is 10.1. The topological polar surface area (TPSA) is 52.6 Å². The van der Waals surface area contributed by atoms with Gasteiger partial charge in [-0.15, -0.1) is 0 Å². The molecule has 0 amide bonds. The summed E-state index contributed by atoms with van der Waals surface area (Å²) in [5.41, 5.74) is 0. The largest absolute Gasteiger partial charge is 0.480 e. The first-order chi connectivity index (χ1) is 7.74. The van der Waals surface area contributed by atoms with E-state index in [0.29, 0.717) is 12.0 Å². The number of carbonyl (C=O) groups is 1. The predicted octanol–water partition coefficient (Wildman–Crippen LogP) is 0.676. The third-order valence-corrected chi connectivity index (χ3v) is 4.06. The number of hydrogen-bond acceptors (Lipinski definition) is 3. The van der Waals surface area contributed by atoms with Crippen LogP contribution in [-0.4, -0.2) is 47.2 Å². The second-order valence-corrected chi connectivity index (χ2v) is 5.53. The van der Waals surface area contributed by atoms with Crippen molar-refractivity contribution in [2.45, 2.75) is 50.2 Å². The zero-order valence-electron chi connectivity index (χ0n) is 9.56. The fourth-order valence-electron chi connectivity index (χ4n) is 2.79. The molecule has 4 nitrogen and oxygen atoms in total. The van der Waals surface area contributed by atoms with Crippen molar-refractivity contribution in [3.8, 4) is 0 Å². The summed E-state index contributed by atoms with van der Waals surface area (Å²) >= 11 is 0. The summed E-state index contributed by atoms with van der Waals surface area (Å²) < 4.78 is 0. The van der Waals surface area contributed by atoms with E-state index < -0.39 is 5.97 Å². The molecule has 90 valence electrons. The summed E-state index contributed by atoms with van der Waals surface area (Å²) in [5.74, 6) is -0.264. The van der Waals surface area contributed by atoms with Crippen molar-refractivity contribution in [2.75, 3.05) is 13.1 Å². The molecule has 3 aliphatic rings. The van der Waals surface area contributed by atoms with Gasteiger partial charge in [0.2, 0.25) is 0 Å². The van der Waals surface area contributed by atoms with E-state index in [1.807, 2.05) is 0 Å². The van der Waals surface area contributed by atoms with Crippen LogP contribution in [-0.2, 0) is 4.79 Å². The van der Waals surface area contributed by atoms with Crippen molar-refractivity contribution in [3.05, 3.63) is 0 Å². The lowest BCUT2D eigenvalue weighted by Gasteiger charge is -2.20. The summed E-state index contributed by atoms with van der Waals surface area (Å²) in [6.07, 6.45) is 5.98. The Morgan fingerprint density at radius 2 is 2.00 bits per heavy atom. The molecule has 0 aromatic carbocycles.